The molecule has 4 nitrogen and oxygen atoms in total. The Bertz CT molecular complexity index is 640. The lowest BCUT2D eigenvalue weighted by Gasteiger charge is -2.26. The molecule has 4 heteroatoms. The van der Waals surface area contributed by atoms with Crippen LogP contribution in [0.3, 0.4) is 0 Å². The molecule has 130 valence electrons. The average molecular weight is 329 g/mol. The van der Waals surface area contributed by atoms with E-state index in [2.05, 4.69) is 19.1 Å². The molecule has 0 aromatic heterocycles. The van der Waals surface area contributed by atoms with Crippen molar-refractivity contribution >= 4 is 0 Å². The summed E-state index contributed by atoms with van der Waals surface area (Å²) in [6.07, 6.45) is 1.97. The van der Waals surface area contributed by atoms with Crippen LogP contribution in [0.4, 0.5) is 0 Å². The number of hydrogen-bond acceptors (Lipinski definition) is 4. The van der Waals surface area contributed by atoms with Crippen molar-refractivity contribution in [1.29, 1.82) is 0 Å². The maximum Gasteiger partial charge on any atom is 0.126 e. The number of ether oxygens (including phenoxy) is 3. The van der Waals surface area contributed by atoms with E-state index in [9.17, 15) is 0 Å². The summed E-state index contributed by atoms with van der Waals surface area (Å²) in [5.74, 6) is 2.45. The van der Waals surface area contributed by atoms with Crippen molar-refractivity contribution in [3.8, 4) is 17.2 Å². The highest BCUT2D eigenvalue weighted by molar-refractivity contribution is 5.48. The van der Waals surface area contributed by atoms with Crippen molar-refractivity contribution in [2.24, 2.45) is 5.73 Å². The van der Waals surface area contributed by atoms with Gasteiger partial charge in [0.2, 0.25) is 0 Å². The molecule has 0 fully saturated rings. The second kappa shape index (κ2) is 8.60. The SMILES string of the molecule is CCC[C@H](N)[C@H](c1ccc(OC)cc1)c1ccc(OC)cc1OC. The van der Waals surface area contributed by atoms with E-state index in [0.717, 1.165) is 41.2 Å². The van der Waals surface area contributed by atoms with Gasteiger partial charge in [0.05, 0.1) is 21.3 Å². The van der Waals surface area contributed by atoms with Crippen LogP contribution >= 0.6 is 0 Å². The first-order valence-electron chi connectivity index (χ1n) is 8.26. The molecule has 0 aliphatic rings. The number of nitrogens with two attached hydrogens (primary N) is 1. The van der Waals surface area contributed by atoms with Gasteiger partial charge < -0.3 is 19.9 Å². The zero-order valence-corrected chi connectivity index (χ0v) is 14.9. The van der Waals surface area contributed by atoms with Crippen molar-refractivity contribution in [3.05, 3.63) is 53.6 Å². The number of methoxy groups -OCH3 is 3. The first kappa shape index (κ1) is 18.1. The van der Waals surface area contributed by atoms with Crippen LogP contribution in [0, 0.1) is 0 Å². The van der Waals surface area contributed by atoms with Crippen LogP contribution in [0.15, 0.2) is 42.5 Å². The molecular formula is C20H27NO3. The van der Waals surface area contributed by atoms with Gasteiger partial charge in [-0.3, -0.25) is 0 Å². The van der Waals surface area contributed by atoms with E-state index in [1.165, 1.54) is 0 Å². The third-order valence-corrected chi connectivity index (χ3v) is 4.30. The molecule has 0 radical (unpaired) electrons. The van der Waals surface area contributed by atoms with Crippen molar-refractivity contribution in [3.63, 3.8) is 0 Å². The molecule has 0 spiro atoms. The second-order valence-electron chi connectivity index (χ2n) is 5.81. The van der Waals surface area contributed by atoms with Gasteiger partial charge in [-0.25, -0.2) is 0 Å². The Morgan fingerprint density at radius 3 is 2.04 bits per heavy atom. The maximum absolute atomic E-state index is 6.54. The Balaban J connectivity index is 2.49. The standard InChI is InChI=1S/C20H27NO3/c1-5-6-18(21)20(14-7-9-15(22-2)10-8-14)17-12-11-16(23-3)13-19(17)24-4/h7-13,18,20H,5-6,21H2,1-4H3/t18-,20+/m0/s1. The number of rotatable bonds is 8. The molecule has 24 heavy (non-hydrogen) atoms. The monoisotopic (exact) mass is 329 g/mol. The molecule has 0 saturated heterocycles. The van der Waals surface area contributed by atoms with E-state index in [1.807, 2.05) is 30.3 Å². The van der Waals surface area contributed by atoms with Gasteiger partial charge in [0.25, 0.3) is 0 Å². The average Bonchev–Trinajstić information content (AvgIpc) is 2.63. The van der Waals surface area contributed by atoms with E-state index in [0.29, 0.717) is 0 Å². The molecule has 2 rings (SSSR count). The minimum Gasteiger partial charge on any atom is -0.497 e. The minimum atomic E-state index is 0.00527. The van der Waals surface area contributed by atoms with E-state index in [1.54, 1.807) is 21.3 Å². The van der Waals surface area contributed by atoms with Crippen LogP contribution in [-0.4, -0.2) is 27.4 Å². The smallest absolute Gasteiger partial charge is 0.126 e. The zero-order valence-electron chi connectivity index (χ0n) is 14.9. The van der Waals surface area contributed by atoms with Gasteiger partial charge in [-0.2, -0.15) is 0 Å². The molecular weight excluding hydrogens is 302 g/mol. The number of benzene rings is 2. The normalized spacial score (nSPS) is 13.2. The Hall–Kier alpha value is -2.20. The summed E-state index contributed by atoms with van der Waals surface area (Å²) in [6.45, 7) is 2.15. The predicted molar refractivity (Wildman–Crippen MR) is 97.3 cm³/mol. The minimum absolute atomic E-state index is 0.00527. The topological polar surface area (TPSA) is 53.7 Å². The molecule has 2 N–H and O–H groups in total. The predicted octanol–water partition coefficient (Wildman–Crippen LogP) is 3.97. The van der Waals surface area contributed by atoms with E-state index in [4.69, 9.17) is 19.9 Å². The van der Waals surface area contributed by atoms with Crippen LogP contribution < -0.4 is 19.9 Å². The van der Waals surface area contributed by atoms with Crippen LogP contribution in [0.1, 0.15) is 36.8 Å². The molecule has 0 saturated carbocycles. The lowest BCUT2D eigenvalue weighted by atomic mass is 9.83. The first-order chi connectivity index (χ1) is 11.6. The van der Waals surface area contributed by atoms with Gasteiger partial charge in [-0.05, 0) is 30.2 Å². The van der Waals surface area contributed by atoms with Gasteiger partial charge in [0.1, 0.15) is 17.2 Å². The van der Waals surface area contributed by atoms with Crippen LogP contribution in [0.5, 0.6) is 17.2 Å². The Morgan fingerprint density at radius 1 is 0.875 bits per heavy atom. The fourth-order valence-corrected chi connectivity index (χ4v) is 3.04. The highest BCUT2D eigenvalue weighted by Gasteiger charge is 2.25. The molecule has 2 aromatic rings. The van der Waals surface area contributed by atoms with Crippen LogP contribution in [0.2, 0.25) is 0 Å². The molecule has 0 amide bonds. The second-order valence-corrected chi connectivity index (χ2v) is 5.81. The van der Waals surface area contributed by atoms with E-state index in [-0.39, 0.29) is 12.0 Å². The van der Waals surface area contributed by atoms with Gasteiger partial charge >= 0.3 is 0 Å². The largest absolute Gasteiger partial charge is 0.497 e. The first-order valence-corrected chi connectivity index (χ1v) is 8.26. The van der Waals surface area contributed by atoms with Gasteiger partial charge in [0.15, 0.2) is 0 Å². The summed E-state index contributed by atoms with van der Waals surface area (Å²) in [5, 5.41) is 0. The van der Waals surface area contributed by atoms with E-state index >= 15 is 0 Å². The van der Waals surface area contributed by atoms with Gasteiger partial charge in [-0.15, -0.1) is 0 Å². The van der Waals surface area contributed by atoms with Gasteiger partial charge in [0, 0.05) is 23.6 Å². The summed E-state index contributed by atoms with van der Waals surface area (Å²) in [5.41, 5.74) is 8.77. The summed E-state index contributed by atoms with van der Waals surface area (Å²) < 4.78 is 16.2. The quantitative estimate of drug-likeness (QED) is 0.796. The van der Waals surface area contributed by atoms with Crippen molar-refractivity contribution in [1.82, 2.24) is 0 Å². The summed E-state index contributed by atoms with van der Waals surface area (Å²) >= 11 is 0. The fourth-order valence-electron chi connectivity index (χ4n) is 3.04. The molecule has 0 aliphatic carbocycles. The molecule has 0 heterocycles. The fraction of sp³-hybridized carbons (Fsp3) is 0.400. The zero-order chi connectivity index (χ0) is 17.5. The maximum atomic E-state index is 6.54. The Kier molecular flexibility index (Phi) is 6.50. The molecule has 0 bridgehead atoms. The lowest BCUT2D eigenvalue weighted by Crippen LogP contribution is -2.29. The molecule has 0 unspecified atom stereocenters. The van der Waals surface area contributed by atoms with Crippen molar-refractivity contribution in [2.75, 3.05) is 21.3 Å². The Morgan fingerprint density at radius 2 is 1.50 bits per heavy atom. The third-order valence-electron chi connectivity index (χ3n) is 4.30. The third kappa shape index (κ3) is 4.01. The molecule has 0 aliphatic heterocycles. The van der Waals surface area contributed by atoms with Crippen LogP contribution in [-0.2, 0) is 0 Å². The van der Waals surface area contributed by atoms with Crippen LogP contribution in [0.25, 0.3) is 0 Å². The number of hydrogen-bond donors (Lipinski definition) is 1. The van der Waals surface area contributed by atoms with Crippen molar-refractivity contribution < 1.29 is 14.2 Å². The molecule has 2 aromatic carbocycles. The molecule has 2 atom stereocenters. The highest BCUT2D eigenvalue weighted by Crippen LogP contribution is 2.37. The van der Waals surface area contributed by atoms with E-state index < -0.39 is 0 Å². The van der Waals surface area contributed by atoms with Crippen molar-refractivity contribution in [2.45, 2.75) is 31.7 Å². The van der Waals surface area contributed by atoms with Gasteiger partial charge in [-0.1, -0.05) is 31.5 Å². The summed E-state index contributed by atoms with van der Waals surface area (Å²) in [6, 6.07) is 14.0. The summed E-state index contributed by atoms with van der Waals surface area (Å²) in [4.78, 5) is 0. The lowest BCUT2D eigenvalue weighted by molar-refractivity contribution is 0.386. The highest BCUT2D eigenvalue weighted by atomic mass is 16.5. The summed E-state index contributed by atoms with van der Waals surface area (Å²) in [7, 11) is 4.99. The Labute approximate surface area is 144 Å².